The minimum Gasteiger partial charge on any atom is -0.494 e. The number of nitrogens with zero attached hydrogens (tertiary/aromatic N) is 3. The fourth-order valence-corrected chi connectivity index (χ4v) is 6.12. The maximum absolute atomic E-state index is 10.8. The topological polar surface area (TPSA) is 86.9 Å². The zero-order valence-electron chi connectivity index (χ0n) is 26.2. The number of non-ortho nitro benzene ring substituents is 1. The first-order valence-corrected chi connectivity index (χ1v) is 17.1. The number of fused-ring (bicyclic) bond motifs is 1. The van der Waals surface area contributed by atoms with Crippen LogP contribution in [0.3, 0.4) is 0 Å². The molecule has 238 valence electrons. The van der Waals surface area contributed by atoms with E-state index >= 15 is 0 Å². The standard InChI is InChI=1S/C38H41N3O4S/c42-41(43)33-21-15-30(16-22-33)29-39-32-19-25-35(26-20-32)45-28-12-8-6-4-2-1-3-5-7-11-27-44-34-23-17-31(18-24-34)38-40-36-13-9-10-14-37(36)46-38/h9-10,13-26,29H,1-8,11-12,27-28H2. The van der Waals surface area contributed by atoms with Crippen molar-refractivity contribution < 1.29 is 14.4 Å². The van der Waals surface area contributed by atoms with Gasteiger partial charge in [0.25, 0.3) is 5.69 Å². The van der Waals surface area contributed by atoms with Crippen molar-refractivity contribution in [3.63, 3.8) is 0 Å². The number of hydrogen-bond donors (Lipinski definition) is 0. The van der Waals surface area contributed by atoms with Crippen molar-refractivity contribution in [2.45, 2.75) is 64.2 Å². The van der Waals surface area contributed by atoms with Gasteiger partial charge in [-0.25, -0.2) is 4.98 Å². The molecule has 0 unspecified atom stereocenters. The Morgan fingerprint density at radius 1 is 0.674 bits per heavy atom. The molecule has 0 amide bonds. The molecule has 0 atom stereocenters. The van der Waals surface area contributed by atoms with Gasteiger partial charge in [0.1, 0.15) is 16.5 Å². The third kappa shape index (κ3) is 10.5. The van der Waals surface area contributed by atoms with Gasteiger partial charge in [-0.05, 0) is 91.2 Å². The van der Waals surface area contributed by atoms with Crippen LogP contribution in [-0.4, -0.2) is 29.3 Å². The van der Waals surface area contributed by atoms with Crippen molar-refractivity contribution >= 4 is 39.1 Å². The molecular weight excluding hydrogens is 595 g/mol. The van der Waals surface area contributed by atoms with Gasteiger partial charge in [0.2, 0.25) is 0 Å². The van der Waals surface area contributed by atoms with Crippen molar-refractivity contribution in [2.24, 2.45) is 4.99 Å². The monoisotopic (exact) mass is 635 g/mol. The molecule has 7 nitrogen and oxygen atoms in total. The molecule has 46 heavy (non-hydrogen) atoms. The van der Waals surface area contributed by atoms with Crippen molar-refractivity contribution in [1.29, 1.82) is 0 Å². The summed E-state index contributed by atoms with van der Waals surface area (Å²) in [7, 11) is 0. The van der Waals surface area contributed by atoms with Crippen molar-refractivity contribution in [3.05, 3.63) is 113 Å². The lowest BCUT2D eigenvalue weighted by Gasteiger charge is -2.07. The quantitative estimate of drug-likeness (QED) is 0.0390. The summed E-state index contributed by atoms with van der Waals surface area (Å²) in [5.41, 5.74) is 3.88. The normalized spacial score (nSPS) is 11.3. The van der Waals surface area contributed by atoms with Gasteiger partial charge >= 0.3 is 0 Å². The number of nitro groups is 1. The summed E-state index contributed by atoms with van der Waals surface area (Å²) in [5, 5.41) is 11.8. The van der Waals surface area contributed by atoms with Crippen molar-refractivity contribution in [3.8, 4) is 22.1 Å². The highest BCUT2D eigenvalue weighted by molar-refractivity contribution is 7.21. The second-order valence-corrected chi connectivity index (χ2v) is 12.4. The van der Waals surface area contributed by atoms with Crippen LogP contribution < -0.4 is 9.47 Å². The summed E-state index contributed by atoms with van der Waals surface area (Å²) in [6.45, 7) is 1.49. The summed E-state index contributed by atoms with van der Waals surface area (Å²) in [6, 6.07) is 30.6. The first kappa shape index (κ1) is 32.8. The molecule has 1 heterocycles. The Hall–Kier alpha value is -4.56. The van der Waals surface area contributed by atoms with E-state index in [1.807, 2.05) is 30.3 Å². The molecule has 5 rings (SSSR count). The molecule has 0 fully saturated rings. The van der Waals surface area contributed by atoms with E-state index in [1.54, 1.807) is 29.7 Å². The van der Waals surface area contributed by atoms with Gasteiger partial charge in [-0.15, -0.1) is 11.3 Å². The summed E-state index contributed by atoms with van der Waals surface area (Å²) >= 11 is 1.72. The summed E-state index contributed by atoms with van der Waals surface area (Å²) in [5.74, 6) is 1.77. The molecule has 4 aromatic carbocycles. The number of nitro benzene ring substituents is 1. The molecule has 0 saturated heterocycles. The Bertz CT molecular complexity index is 1630. The molecule has 0 spiro atoms. The molecule has 0 N–H and O–H groups in total. The number of aromatic nitrogens is 1. The first-order chi connectivity index (χ1) is 22.6. The Morgan fingerprint density at radius 3 is 1.78 bits per heavy atom. The Kier molecular flexibility index (Phi) is 12.7. The van der Waals surface area contributed by atoms with Gasteiger partial charge in [-0.2, -0.15) is 0 Å². The van der Waals surface area contributed by atoms with Crippen LogP contribution in [0.25, 0.3) is 20.8 Å². The van der Waals surface area contributed by atoms with Crippen LogP contribution in [0.15, 0.2) is 102 Å². The Balaban J connectivity index is 0.832. The molecule has 8 heteroatoms. The van der Waals surface area contributed by atoms with E-state index in [2.05, 4.69) is 47.5 Å². The third-order valence-corrected chi connectivity index (χ3v) is 8.86. The van der Waals surface area contributed by atoms with Crippen LogP contribution in [0.5, 0.6) is 11.5 Å². The lowest BCUT2D eigenvalue weighted by atomic mass is 10.1. The Labute approximate surface area is 275 Å². The van der Waals surface area contributed by atoms with E-state index < -0.39 is 4.92 Å². The Morgan fingerprint density at radius 2 is 1.22 bits per heavy atom. The van der Waals surface area contributed by atoms with Crippen molar-refractivity contribution in [2.75, 3.05) is 13.2 Å². The van der Waals surface area contributed by atoms with Gasteiger partial charge < -0.3 is 9.47 Å². The van der Waals surface area contributed by atoms with E-state index in [1.165, 1.54) is 68.2 Å². The SMILES string of the molecule is O=[N+]([O-])c1ccc(C=Nc2ccc(OCCCCCCCCCCCCOc3ccc(-c4nc5ccccc5s4)cc3)cc2)cc1. The summed E-state index contributed by atoms with van der Waals surface area (Å²) < 4.78 is 13.1. The maximum atomic E-state index is 10.8. The summed E-state index contributed by atoms with van der Waals surface area (Å²) in [4.78, 5) is 19.5. The number of benzene rings is 4. The highest BCUT2D eigenvalue weighted by Crippen LogP contribution is 2.31. The van der Waals surface area contributed by atoms with Gasteiger partial charge in [0.05, 0.1) is 34.0 Å². The molecule has 0 aliphatic carbocycles. The number of aliphatic imine (C=N–C) groups is 1. The minimum absolute atomic E-state index is 0.0726. The van der Waals surface area contributed by atoms with Gasteiger partial charge in [-0.3, -0.25) is 15.1 Å². The first-order valence-electron chi connectivity index (χ1n) is 16.2. The van der Waals surface area contributed by atoms with E-state index in [0.717, 1.165) is 64.9 Å². The molecule has 0 aliphatic rings. The maximum Gasteiger partial charge on any atom is 0.269 e. The molecule has 0 bridgehead atoms. The predicted molar refractivity (Wildman–Crippen MR) is 189 cm³/mol. The summed E-state index contributed by atoms with van der Waals surface area (Å²) in [6.07, 6.45) is 14.0. The van der Waals surface area contributed by atoms with Gasteiger partial charge in [-0.1, -0.05) is 63.5 Å². The average molecular weight is 636 g/mol. The van der Waals surface area contributed by atoms with E-state index in [4.69, 9.17) is 14.5 Å². The molecule has 0 aliphatic heterocycles. The molecular formula is C38H41N3O4S. The van der Waals surface area contributed by atoms with Crippen LogP contribution in [0, 0.1) is 10.1 Å². The predicted octanol–water partition coefficient (Wildman–Crippen LogP) is 11.0. The van der Waals surface area contributed by atoms with Gasteiger partial charge in [0, 0.05) is 23.9 Å². The second kappa shape index (κ2) is 17.8. The van der Waals surface area contributed by atoms with E-state index in [9.17, 15) is 10.1 Å². The van der Waals surface area contributed by atoms with E-state index in [0.29, 0.717) is 0 Å². The largest absolute Gasteiger partial charge is 0.494 e. The van der Waals surface area contributed by atoms with Gasteiger partial charge in [0.15, 0.2) is 0 Å². The number of thiazole rings is 1. The van der Waals surface area contributed by atoms with Crippen LogP contribution >= 0.6 is 11.3 Å². The molecule has 0 radical (unpaired) electrons. The highest BCUT2D eigenvalue weighted by Gasteiger charge is 2.06. The van der Waals surface area contributed by atoms with Crippen LogP contribution in [0.2, 0.25) is 0 Å². The highest BCUT2D eigenvalue weighted by atomic mass is 32.1. The average Bonchev–Trinajstić information content (AvgIpc) is 3.53. The van der Waals surface area contributed by atoms with Crippen LogP contribution in [-0.2, 0) is 0 Å². The lowest BCUT2D eigenvalue weighted by molar-refractivity contribution is -0.384. The van der Waals surface area contributed by atoms with Crippen molar-refractivity contribution in [1.82, 2.24) is 4.98 Å². The smallest absolute Gasteiger partial charge is 0.269 e. The molecule has 0 saturated carbocycles. The zero-order chi connectivity index (χ0) is 31.8. The number of hydrogen-bond acceptors (Lipinski definition) is 7. The number of rotatable bonds is 19. The molecule has 1 aromatic heterocycles. The fraction of sp³-hybridized carbons (Fsp3) is 0.316. The lowest BCUT2D eigenvalue weighted by Crippen LogP contribution is -1.97. The number of para-hydroxylation sites is 1. The van der Waals surface area contributed by atoms with E-state index in [-0.39, 0.29) is 5.69 Å². The van der Waals surface area contributed by atoms with Crippen LogP contribution in [0.1, 0.15) is 69.8 Å². The third-order valence-electron chi connectivity index (χ3n) is 7.77. The van der Waals surface area contributed by atoms with Crippen LogP contribution in [0.4, 0.5) is 11.4 Å². The number of ether oxygens (including phenoxy) is 2. The minimum atomic E-state index is -0.408. The number of unbranched alkanes of at least 4 members (excludes halogenated alkanes) is 9. The zero-order valence-corrected chi connectivity index (χ0v) is 27.0. The fourth-order valence-electron chi connectivity index (χ4n) is 5.15. The second-order valence-electron chi connectivity index (χ2n) is 11.3. The molecule has 5 aromatic rings.